The smallest absolute Gasteiger partial charge is 0.422 e. The van der Waals surface area contributed by atoms with Crippen LogP contribution in [0.25, 0.3) is 0 Å². The minimum absolute atomic E-state index is 0.0102. The number of ether oxygens (including phenoxy) is 2. The Morgan fingerprint density at radius 1 is 1.16 bits per heavy atom. The quantitative estimate of drug-likeness (QED) is 0.842. The van der Waals surface area contributed by atoms with Crippen LogP contribution in [0, 0.1) is 0 Å². The zero-order chi connectivity index (χ0) is 18.4. The number of halogens is 3. The van der Waals surface area contributed by atoms with Crippen LogP contribution in [0.1, 0.15) is 19.3 Å². The minimum Gasteiger partial charge on any atom is -0.480 e. The Kier molecular flexibility index (Phi) is 6.11. The van der Waals surface area contributed by atoms with Crippen molar-refractivity contribution in [1.29, 1.82) is 0 Å². The number of likely N-dealkylation sites (tertiary alicyclic amines) is 1. The predicted octanol–water partition coefficient (Wildman–Crippen LogP) is 2.47. The summed E-state index contributed by atoms with van der Waals surface area (Å²) >= 11 is 0. The molecule has 0 aromatic heterocycles. The molecule has 138 valence electrons. The second-order valence-electron chi connectivity index (χ2n) is 5.58. The first-order chi connectivity index (χ1) is 11.8. The number of aliphatic carboxylic acids is 1. The number of amides is 1. The zero-order valence-corrected chi connectivity index (χ0v) is 13.3. The van der Waals surface area contributed by atoms with E-state index in [1.807, 2.05) is 0 Å². The van der Waals surface area contributed by atoms with Crippen LogP contribution in [-0.2, 0) is 9.59 Å². The lowest BCUT2D eigenvalue weighted by Crippen LogP contribution is -2.49. The molecule has 1 atom stereocenters. The summed E-state index contributed by atoms with van der Waals surface area (Å²) < 4.78 is 46.7. The molecule has 25 heavy (non-hydrogen) atoms. The van der Waals surface area contributed by atoms with Crippen molar-refractivity contribution in [2.24, 2.45) is 0 Å². The number of rotatable bonds is 6. The number of para-hydroxylation sites is 2. The van der Waals surface area contributed by atoms with Crippen LogP contribution in [-0.4, -0.2) is 53.9 Å². The molecule has 9 heteroatoms. The molecule has 1 aliphatic rings. The van der Waals surface area contributed by atoms with E-state index in [0.29, 0.717) is 19.4 Å². The van der Waals surface area contributed by atoms with Crippen LogP contribution in [0.3, 0.4) is 0 Å². The standard InChI is InChI=1S/C16H18F3NO5/c17-16(18,19)10-25-13-7-2-1-6-12(13)24-9-14(21)20-8-4-3-5-11(20)15(22)23/h1-2,6-7,11H,3-5,8-10H2,(H,22,23)/t11-/m1/s1. The summed E-state index contributed by atoms with van der Waals surface area (Å²) in [6, 6.07) is 4.78. The average molecular weight is 361 g/mol. The van der Waals surface area contributed by atoms with Crippen LogP contribution >= 0.6 is 0 Å². The Morgan fingerprint density at radius 3 is 2.40 bits per heavy atom. The maximum absolute atomic E-state index is 12.3. The summed E-state index contributed by atoms with van der Waals surface area (Å²) in [6.07, 6.45) is -2.71. The molecule has 1 aromatic rings. The van der Waals surface area contributed by atoms with Crippen LogP contribution in [0.4, 0.5) is 13.2 Å². The third-order valence-corrected chi connectivity index (χ3v) is 3.70. The van der Waals surface area contributed by atoms with E-state index < -0.39 is 37.3 Å². The number of carboxylic acid groups (broad SMARTS) is 1. The molecule has 1 fully saturated rings. The highest BCUT2D eigenvalue weighted by molar-refractivity contribution is 5.84. The number of carboxylic acids is 1. The number of nitrogens with zero attached hydrogens (tertiary/aromatic N) is 1. The van der Waals surface area contributed by atoms with Crippen LogP contribution in [0.5, 0.6) is 11.5 Å². The largest absolute Gasteiger partial charge is 0.480 e. The highest BCUT2D eigenvalue weighted by Gasteiger charge is 2.32. The molecule has 0 unspecified atom stereocenters. The molecule has 0 radical (unpaired) electrons. The van der Waals surface area contributed by atoms with Gasteiger partial charge >= 0.3 is 12.1 Å². The van der Waals surface area contributed by atoms with E-state index >= 15 is 0 Å². The van der Waals surface area contributed by atoms with Crippen molar-refractivity contribution in [2.75, 3.05) is 19.8 Å². The topological polar surface area (TPSA) is 76.1 Å². The van der Waals surface area contributed by atoms with Gasteiger partial charge in [-0.05, 0) is 31.4 Å². The maximum Gasteiger partial charge on any atom is 0.422 e. The van der Waals surface area contributed by atoms with E-state index in [4.69, 9.17) is 4.74 Å². The van der Waals surface area contributed by atoms with Crippen LogP contribution < -0.4 is 9.47 Å². The van der Waals surface area contributed by atoms with Crippen molar-refractivity contribution < 1.29 is 37.3 Å². The van der Waals surface area contributed by atoms with Gasteiger partial charge in [-0.15, -0.1) is 0 Å². The third-order valence-electron chi connectivity index (χ3n) is 3.70. The molecule has 2 rings (SSSR count). The molecular formula is C16H18F3NO5. The van der Waals surface area contributed by atoms with Gasteiger partial charge in [0.25, 0.3) is 5.91 Å². The first-order valence-electron chi connectivity index (χ1n) is 7.71. The molecular weight excluding hydrogens is 343 g/mol. The van der Waals surface area contributed by atoms with Gasteiger partial charge in [0, 0.05) is 6.54 Å². The van der Waals surface area contributed by atoms with Gasteiger partial charge in [-0.2, -0.15) is 13.2 Å². The van der Waals surface area contributed by atoms with Crippen molar-refractivity contribution in [3.63, 3.8) is 0 Å². The fourth-order valence-electron chi connectivity index (χ4n) is 2.56. The van der Waals surface area contributed by atoms with E-state index in [-0.39, 0.29) is 11.5 Å². The highest BCUT2D eigenvalue weighted by atomic mass is 19.4. The number of carbonyl (C=O) groups excluding carboxylic acids is 1. The van der Waals surface area contributed by atoms with E-state index in [1.54, 1.807) is 0 Å². The summed E-state index contributed by atoms with van der Waals surface area (Å²) in [5.41, 5.74) is 0. The average Bonchev–Trinajstić information content (AvgIpc) is 2.57. The summed E-state index contributed by atoms with van der Waals surface area (Å²) in [5, 5.41) is 9.17. The van der Waals surface area contributed by atoms with Gasteiger partial charge < -0.3 is 19.5 Å². The minimum atomic E-state index is -4.49. The van der Waals surface area contributed by atoms with Gasteiger partial charge in [-0.25, -0.2) is 4.79 Å². The second kappa shape index (κ2) is 8.09. The Balaban J connectivity index is 1.98. The number of hydrogen-bond donors (Lipinski definition) is 1. The molecule has 0 spiro atoms. The Morgan fingerprint density at radius 2 is 1.80 bits per heavy atom. The van der Waals surface area contributed by atoms with Crippen molar-refractivity contribution in [2.45, 2.75) is 31.5 Å². The molecule has 1 saturated heterocycles. The summed E-state index contributed by atoms with van der Waals surface area (Å²) in [6.45, 7) is -1.64. The molecule has 1 aliphatic heterocycles. The Hall–Kier alpha value is -2.45. The van der Waals surface area contributed by atoms with Gasteiger partial charge in [0.2, 0.25) is 0 Å². The number of benzene rings is 1. The molecule has 6 nitrogen and oxygen atoms in total. The van der Waals surface area contributed by atoms with Gasteiger partial charge in [0.1, 0.15) is 6.04 Å². The van der Waals surface area contributed by atoms with Crippen LogP contribution in [0.2, 0.25) is 0 Å². The highest BCUT2D eigenvalue weighted by Crippen LogP contribution is 2.28. The number of hydrogen-bond acceptors (Lipinski definition) is 4. The summed E-state index contributed by atoms with van der Waals surface area (Å²) in [5.74, 6) is -1.76. The number of carbonyl (C=O) groups is 2. The number of piperidine rings is 1. The maximum atomic E-state index is 12.3. The Bertz CT molecular complexity index is 620. The molecule has 0 bridgehead atoms. The van der Waals surface area contributed by atoms with E-state index in [9.17, 15) is 27.9 Å². The lowest BCUT2D eigenvalue weighted by Gasteiger charge is -2.32. The summed E-state index contributed by atoms with van der Waals surface area (Å²) in [4.78, 5) is 24.7. The van der Waals surface area contributed by atoms with Gasteiger partial charge in [-0.1, -0.05) is 12.1 Å². The lowest BCUT2D eigenvalue weighted by atomic mass is 10.0. The van der Waals surface area contributed by atoms with Gasteiger partial charge in [0.05, 0.1) is 0 Å². The molecule has 1 N–H and O–H groups in total. The van der Waals surface area contributed by atoms with Crippen molar-refractivity contribution in [3.8, 4) is 11.5 Å². The van der Waals surface area contributed by atoms with E-state index in [1.165, 1.54) is 29.2 Å². The fraction of sp³-hybridized carbons (Fsp3) is 0.500. The SMILES string of the molecule is O=C(O)[C@H]1CCCCN1C(=O)COc1ccccc1OCC(F)(F)F. The fourth-order valence-corrected chi connectivity index (χ4v) is 2.56. The van der Waals surface area contributed by atoms with Gasteiger partial charge in [-0.3, -0.25) is 4.79 Å². The molecule has 1 aromatic carbocycles. The van der Waals surface area contributed by atoms with Gasteiger partial charge in [0.15, 0.2) is 24.7 Å². The van der Waals surface area contributed by atoms with Crippen molar-refractivity contribution >= 4 is 11.9 Å². The Labute approximate surface area is 142 Å². The third kappa shape index (κ3) is 5.54. The van der Waals surface area contributed by atoms with Crippen LogP contribution in [0.15, 0.2) is 24.3 Å². The predicted molar refractivity (Wildman–Crippen MR) is 80.5 cm³/mol. The molecule has 1 heterocycles. The van der Waals surface area contributed by atoms with Crippen molar-refractivity contribution in [3.05, 3.63) is 24.3 Å². The van der Waals surface area contributed by atoms with Crippen molar-refractivity contribution in [1.82, 2.24) is 4.90 Å². The molecule has 1 amide bonds. The first-order valence-corrected chi connectivity index (χ1v) is 7.71. The van der Waals surface area contributed by atoms with E-state index in [2.05, 4.69) is 4.74 Å². The lowest BCUT2D eigenvalue weighted by molar-refractivity contribution is -0.154. The molecule has 0 aliphatic carbocycles. The molecule has 0 saturated carbocycles. The summed E-state index contributed by atoms with van der Waals surface area (Å²) in [7, 11) is 0. The second-order valence-corrected chi connectivity index (χ2v) is 5.58. The first kappa shape index (κ1) is 18.9. The normalized spacial score (nSPS) is 17.9. The zero-order valence-electron chi connectivity index (χ0n) is 13.3. The van der Waals surface area contributed by atoms with E-state index in [0.717, 1.165) is 6.42 Å². The number of alkyl halides is 3. The monoisotopic (exact) mass is 361 g/mol.